The quantitative estimate of drug-likeness (QED) is 0.368. The lowest BCUT2D eigenvalue weighted by atomic mass is 9.74. The minimum atomic E-state index is -1.43. The van der Waals surface area contributed by atoms with Gasteiger partial charge in [-0.15, -0.1) is 0 Å². The Hall–Kier alpha value is -3.80. The van der Waals surface area contributed by atoms with Gasteiger partial charge in [0.05, 0.1) is 30.5 Å². The van der Waals surface area contributed by atoms with Crippen LogP contribution in [-0.2, 0) is 35.2 Å². The molecule has 2 fully saturated rings. The number of carbonyl (C=O) groups is 4. The third kappa shape index (κ3) is 5.73. The second kappa shape index (κ2) is 12.9. The minimum absolute atomic E-state index is 0.0864. The molecule has 2 aromatic carbocycles. The molecule has 11 heteroatoms. The normalized spacial score (nSPS) is 31.7. The molecule has 5 bridgehead atoms. The Kier molecular flexibility index (Phi) is 8.94. The number of cyclic esters (lactones) is 1. The van der Waals surface area contributed by atoms with Gasteiger partial charge in [0.2, 0.25) is 17.7 Å². The van der Waals surface area contributed by atoms with Gasteiger partial charge in [-0.2, -0.15) is 0 Å². The molecular weight excluding hydrogens is 642 g/mol. The van der Waals surface area contributed by atoms with Gasteiger partial charge in [0.15, 0.2) is 0 Å². The molecule has 4 aliphatic rings. The van der Waals surface area contributed by atoms with E-state index in [0.29, 0.717) is 10.9 Å². The molecule has 4 aliphatic heterocycles. The summed E-state index contributed by atoms with van der Waals surface area (Å²) in [5, 5.41) is 13.3. The average molecular weight is 679 g/mol. The van der Waals surface area contributed by atoms with E-state index in [2.05, 4.69) is 21.2 Å². The van der Waals surface area contributed by atoms with E-state index < -0.39 is 59.5 Å². The smallest absolute Gasteiger partial charge is 0.306 e. The number of hydrogen-bond donors (Lipinski definition) is 2. The zero-order valence-electron chi connectivity index (χ0n) is 24.9. The van der Waals surface area contributed by atoms with Crippen LogP contribution in [0.4, 0.5) is 0 Å². The molecule has 4 heterocycles. The number of allylic oxidation sites excluding steroid dienone is 1. The zero-order valence-corrected chi connectivity index (χ0v) is 26.5. The lowest BCUT2D eigenvalue weighted by Crippen LogP contribution is -2.57. The number of aliphatic hydroxyl groups excluding tert-OH is 1. The van der Waals surface area contributed by atoms with Crippen molar-refractivity contribution < 1.29 is 33.8 Å². The van der Waals surface area contributed by atoms with E-state index >= 15 is 0 Å². The maximum absolute atomic E-state index is 14.7. The van der Waals surface area contributed by atoms with Crippen LogP contribution < -0.4 is 5.32 Å². The number of benzene rings is 2. The lowest BCUT2D eigenvalue weighted by molar-refractivity contribution is -0.150. The molecule has 2 saturated heterocycles. The summed E-state index contributed by atoms with van der Waals surface area (Å²) in [6, 6.07) is 16.2. The van der Waals surface area contributed by atoms with Crippen LogP contribution in [0.2, 0.25) is 0 Å². The van der Waals surface area contributed by atoms with Crippen LogP contribution in [0.1, 0.15) is 36.9 Å². The molecular formula is C34H36BrN3O7. The van der Waals surface area contributed by atoms with Crippen LogP contribution in [0.15, 0.2) is 83.4 Å². The number of likely N-dealkylation sites (tertiary alicyclic amines) is 1. The number of aliphatic hydroxyl groups is 1. The number of nitrogens with zero attached hydrogens (tertiary/aromatic N) is 2. The summed E-state index contributed by atoms with van der Waals surface area (Å²) in [6.45, 7) is 1.70. The Morgan fingerprint density at radius 2 is 1.73 bits per heavy atom. The number of hydrogen-bond acceptors (Lipinski definition) is 7. The van der Waals surface area contributed by atoms with Gasteiger partial charge in [0.1, 0.15) is 24.4 Å². The predicted octanol–water partition coefficient (Wildman–Crippen LogP) is 3.02. The monoisotopic (exact) mass is 677 g/mol. The first-order chi connectivity index (χ1) is 21.7. The Balaban J connectivity index is 1.43. The molecule has 0 radical (unpaired) electrons. The van der Waals surface area contributed by atoms with E-state index in [4.69, 9.17) is 9.47 Å². The van der Waals surface area contributed by atoms with Gasteiger partial charge in [0.25, 0.3) is 0 Å². The highest BCUT2D eigenvalue weighted by atomic mass is 79.9. The Morgan fingerprint density at radius 3 is 2.44 bits per heavy atom. The maximum atomic E-state index is 14.7. The number of amides is 3. The van der Waals surface area contributed by atoms with Gasteiger partial charge in [-0.3, -0.25) is 19.2 Å². The van der Waals surface area contributed by atoms with Crippen molar-refractivity contribution in [1.29, 1.82) is 0 Å². The van der Waals surface area contributed by atoms with Crippen molar-refractivity contribution in [2.24, 2.45) is 11.8 Å². The molecule has 0 aromatic heterocycles. The summed E-state index contributed by atoms with van der Waals surface area (Å²) >= 11 is 3.58. The van der Waals surface area contributed by atoms with Crippen molar-refractivity contribution in [3.8, 4) is 0 Å². The van der Waals surface area contributed by atoms with Crippen molar-refractivity contribution >= 4 is 39.6 Å². The third-order valence-corrected chi connectivity index (χ3v) is 9.78. The summed E-state index contributed by atoms with van der Waals surface area (Å²) in [5.74, 6) is -3.62. The summed E-state index contributed by atoms with van der Waals surface area (Å²) in [4.78, 5) is 58.9. The van der Waals surface area contributed by atoms with Crippen LogP contribution in [0.25, 0.3) is 0 Å². The fourth-order valence-electron chi connectivity index (χ4n) is 6.95. The molecule has 1 spiro atoms. The largest absolute Gasteiger partial charge is 0.463 e. The van der Waals surface area contributed by atoms with Gasteiger partial charge in [-0.1, -0.05) is 88.7 Å². The van der Waals surface area contributed by atoms with Crippen molar-refractivity contribution in [2.75, 3.05) is 19.8 Å². The predicted molar refractivity (Wildman–Crippen MR) is 167 cm³/mol. The molecule has 0 saturated carbocycles. The van der Waals surface area contributed by atoms with Gasteiger partial charge < -0.3 is 29.7 Å². The van der Waals surface area contributed by atoms with Crippen LogP contribution in [-0.4, -0.2) is 82.1 Å². The third-order valence-electron chi connectivity index (χ3n) is 9.10. The number of nitrogens with one attached hydrogen (secondary N) is 1. The second-order valence-electron chi connectivity index (χ2n) is 12.0. The Labute approximate surface area is 270 Å². The highest BCUT2D eigenvalue weighted by Crippen LogP contribution is 2.59. The van der Waals surface area contributed by atoms with Crippen LogP contribution in [0.3, 0.4) is 0 Å². The highest BCUT2D eigenvalue weighted by Gasteiger charge is 2.75. The average Bonchev–Trinajstić information content (AvgIpc) is 3.65. The van der Waals surface area contributed by atoms with E-state index in [-0.39, 0.29) is 38.6 Å². The number of ether oxygens (including phenoxy) is 2. The van der Waals surface area contributed by atoms with Gasteiger partial charge in [0, 0.05) is 24.0 Å². The topological polar surface area (TPSA) is 125 Å². The first-order valence-corrected chi connectivity index (χ1v) is 16.0. The van der Waals surface area contributed by atoms with Crippen LogP contribution in [0, 0.1) is 11.8 Å². The minimum Gasteiger partial charge on any atom is -0.463 e. The fourth-order valence-corrected chi connectivity index (χ4v) is 7.69. The highest BCUT2D eigenvalue weighted by molar-refractivity contribution is 9.11. The van der Waals surface area contributed by atoms with Crippen molar-refractivity contribution in [3.05, 3.63) is 94.5 Å². The van der Waals surface area contributed by atoms with E-state index in [1.165, 1.54) is 4.90 Å². The summed E-state index contributed by atoms with van der Waals surface area (Å²) in [5.41, 5.74) is 0.207. The molecule has 10 nitrogen and oxygen atoms in total. The molecule has 6 rings (SSSR count). The Bertz CT molecular complexity index is 1520. The Morgan fingerprint density at radius 1 is 1.02 bits per heavy atom. The molecule has 3 amide bonds. The number of fused-ring (bicyclic) bond motifs is 2. The molecule has 2 aromatic rings. The van der Waals surface area contributed by atoms with Gasteiger partial charge in [-0.05, 0) is 30.5 Å². The van der Waals surface area contributed by atoms with Crippen molar-refractivity contribution in [3.63, 3.8) is 0 Å². The molecule has 0 aliphatic carbocycles. The van der Waals surface area contributed by atoms with Gasteiger partial charge >= 0.3 is 5.97 Å². The zero-order chi connectivity index (χ0) is 31.7. The first kappa shape index (κ1) is 31.2. The van der Waals surface area contributed by atoms with Crippen LogP contribution in [0.5, 0.6) is 0 Å². The molecule has 0 unspecified atom stereocenters. The number of esters is 1. The number of rotatable bonds is 5. The van der Waals surface area contributed by atoms with E-state index in [9.17, 15) is 24.3 Å². The SMILES string of the molecule is C[C@H](CO)N1C(=O)[C@@H]2[C@H]3C(=O)N[C@@H](c4ccccc4)COC(=O)CC/C=C\CN(Cc4ccccc4)C(=O)[C@@H]1[C@]21C=C(Br)[C@H]3O1. The fraction of sp³-hybridized carbons (Fsp3) is 0.412. The maximum Gasteiger partial charge on any atom is 0.306 e. The van der Waals surface area contributed by atoms with Crippen molar-refractivity contribution in [2.45, 2.75) is 56.1 Å². The molecule has 45 heavy (non-hydrogen) atoms. The molecule has 236 valence electrons. The standard InChI is InChI=1S/C34H36BrN3O7/c1-21(19-39)38-30-33(43)37(18-22-11-5-2-6-12-22)16-10-4-9-15-26(40)44-20-25(23-13-7-3-8-14-23)36-31(41)27-28(32(38)42)34(30)17-24(35)29(27)45-34/h2-8,10-14,17,21,25,27-30,39H,9,15-16,18-20H2,1H3,(H,36,41)/b10-4-/t21-,25-,27-,28+,29-,30-,34+/m1/s1. The summed E-state index contributed by atoms with van der Waals surface area (Å²) < 4.78 is 12.7. The van der Waals surface area contributed by atoms with E-state index in [0.717, 1.165) is 11.1 Å². The second-order valence-corrected chi connectivity index (χ2v) is 12.9. The van der Waals surface area contributed by atoms with E-state index in [1.54, 1.807) is 17.9 Å². The van der Waals surface area contributed by atoms with E-state index in [1.807, 2.05) is 72.8 Å². The van der Waals surface area contributed by atoms with Gasteiger partial charge in [-0.25, -0.2) is 0 Å². The van der Waals surface area contributed by atoms with Crippen LogP contribution >= 0.6 is 15.9 Å². The summed E-state index contributed by atoms with van der Waals surface area (Å²) in [6.07, 6.45) is 5.17. The van der Waals surface area contributed by atoms with Crippen molar-refractivity contribution in [1.82, 2.24) is 15.1 Å². The first-order valence-electron chi connectivity index (χ1n) is 15.2. The molecule has 7 atom stereocenters. The number of halogens is 1. The summed E-state index contributed by atoms with van der Waals surface area (Å²) in [7, 11) is 0. The number of carbonyl (C=O) groups excluding carboxylic acids is 4. The lowest BCUT2D eigenvalue weighted by Gasteiger charge is -2.37. The molecule has 2 N–H and O–H groups in total.